The first-order chi connectivity index (χ1) is 17.8. The summed E-state index contributed by atoms with van der Waals surface area (Å²) in [5, 5.41) is 6.01. The van der Waals surface area contributed by atoms with Gasteiger partial charge in [-0.1, -0.05) is 41.3 Å². The summed E-state index contributed by atoms with van der Waals surface area (Å²) in [7, 11) is 1.61. The van der Waals surface area contributed by atoms with Crippen LogP contribution in [0.1, 0.15) is 60.0 Å². The molecule has 5 rings (SSSR count). The normalized spacial score (nSPS) is 18.7. The highest BCUT2D eigenvalue weighted by molar-refractivity contribution is 9.10. The maximum Gasteiger partial charge on any atom is 0.255 e. The van der Waals surface area contributed by atoms with Crippen LogP contribution in [-0.4, -0.2) is 59.8 Å². The van der Waals surface area contributed by atoms with Gasteiger partial charge >= 0.3 is 0 Å². The number of anilines is 2. The van der Waals surface area contributed by atoms with Gasteiger partial charge in [0.15, 0.2) is 0 Å². The summed E-state index contributed by atoms with van der Waals surface area (Å²) in [6.07, 6.45) is 5.14. The van der Waals surface area contributed by atoms with E-state index in [2.05, 4.69) is 31.5 Å². The van der Waals surface area contributed by atoms with Crippen molar-refractivity contribution in [3.63, 3.8) is 0 Å². The fraction of sp³-hybridized carbons (Fsp3) is 0.464. The highest BCUT2D eigenvalue weighted by Crippen LogP contribution is 2.42. The van der Waals surface area contributed by atoms with E-state index in [0.29, 0.717) is 48.6 Å². The predicted octanol–water partition coefficient (Wildman–Crippen LogP) is 4.71. The Hall–Kier alpha value is -2.91. The molecule has 0 atom stereocenters. The summed E-state index contributed by atoms with van der Waals surface area (Å²) in [6, 6.07) is 9.17. The molecule has 1 aliphatic carbocycles. The summed E-state index contributed by atoms with van der Waals surface area (Å²) in [5.74, 6) is 0.268. The number of carbonyl (C=O) groups is 3. The van der Waals surface area contributed by atoms with E-state index in [1.165, 1.54) is 0 Å². The minimum atomic E-state index is -0.938. The van der Waals surface area contributed by atoms with E-state index in [0.717, 1.165) is 54.4 Å². The smallest absolute Gasteiger partial charge is 0.255 e. The van der Waals surface area contributed by atoms with Crippen LogP contribution in [0.15, 0.2) is 34.8 Å². The van der Waals surface area contributed by atoms with E-state index in [9.17, 15) is 14.4 Å². The van der Waals surface area contributed by atoms with Crippen LogP contribution in [0.4, 0.5) is 11.4 Å². The molecule has 0 spiro atoms. The van der Waals surface area contributed by atoms with E-state index in [1.54, 1.807) is 18.1 Å². The number of nitrogens with one attached hydrogen (secondary N) is 2. The summed E-state index contributed by atoms with van der Waals surface area (Å²) >= 11 is 3.62. The zero-order valence-corrected chi connectivity index (χ0v) is 22.9. The Bertz CT molecular complexity index is 1240. The molecule has 0 aromatic heterocycles. The van der Waals surface area contributed by atoms with Crippen LogP contribution in [-0.2, 0) is 16.1 Å². The Kier molecular flexibility index (Phi) is 7.27. The van der Waals surface area contributed by atoms with Crippen LogP contribution in [0, 0.1) is 6.92 Å². The number of fused-ring (bicyclic) bond motifs is 1. The molecule has 2 N–H and O–H groups in total. The maximum absolute atomic E-state index is 13.9. The summed E-state index contributed by atoms with van der Waals surface area (Å²) < 4.78 is 6.18. The SMILES string of the molecule is COc1cc(NC(=O)C2(N3Cc4c(Br)cc(NC(=O)CN5CCC5)cc4C3=O)CCCCC2)ccc1C. The van der Waals surface area contributed by atoms with Crippen molar-refractivity contribution >= 4 is 45.0 Å². The van der Waals surface area contributed by atoms with Gasteiger partial charge in [0.05, 0.1) is 13.7 Å². The van der Waals surface area contributed by atoms with Crippen LogP contribution >= 0.6 is 15.9 Å². The highest BCUT2D eigenvalue weighted by Gasteiger charge is 2.50. The maximum atomic E-state index is 13.9. The van der Waals surface area contributed by atoms with E-state index < -0.39 is 5.54 Å². The molecule has 3 amide bonds. The number of amides is 3. The number of nitrogens with zero attached hydrogens (tertiary/aromatic N) is 2. The molecule has 9 heteroatoms. The number of hydrogen-bond donors (Lipinski definition) is 2. The topological polar surface area (TPSA) is 91.0 Å². The Morgan fingerprint density at radius 1 is 1.03 bits per heavy atom. The van der Waals surface area contributed by atoms with Crippen molar-refractivity contribution in [2.45, 2.75) is 57.5 Å². The van der Waals surface area contributed by atoms with Crippen LogP contribution < -0.4 is 15.4 Å². The number of hydrogen-bond acceptors (Lipinski definition) is 5. The molecule has 1 saturated carbocycles. The fourth-order valence-corrected chi connectivity index (χ4v) is 6.21. The third kappa shape index (κ3) is 4.99. The van der Waals surface area contributed by atoms with Crippen molar-refractivity contribution < 1.29 is 19.1 Å². The summed E-state index contributed by atoms with van der Waals surface area (Å²) in [5.41, 5.74) is 2.65. The molecular formula is C28H33BrN4O4. The van der Waals surface area contributed by atoms with Gasteiger partial charge in [-0.25, -0.2) is 0 Å². The second-order valence-corrected chi connectivity index (χ2v) is 11.1. The van der Waals surface area contributed by atoms with Gasteiger partial charge in [-0.15, -0.1) is 0 Å². The Balaban J connectivity index is 1.39. The van der Waals surface area contributed by atoms with Crippen molar-refractivity contribution in [3.8, 4) is 5.75 Å². The first-order valence-electron chi connectivity index (χ1n) is 12.9. The lowest BCUT2D eigenvalue weighted by molar-refractivity contribution is -0.129. The molecule has 2 fully saturated rings. The average Bonchev–Trinajstić information content (AvgIpc) is 3.20. The largest absolute Gasteiger partial charge is 0.496 e. The monoisotopic (exact) mass is 568 g/mol. The number of likely N-dealkylation sites (tertiary alicyclic amines) is 1. The molecule has 0 unspecified atom stereocenters. The number of halogens is 1. The van der Waals surface area contributed by atoms with Gasteiger partial charge in [0.2, 0.25) is 11.8 Å². The Labute approximate surface area is 225 Å². The molecule has 196 valence electrons. The fourth-order valence-electron chi connectivity index (χ4n) is 5.63. The first kappa shape index (κ1) is 25.7. The second kappa shape index (κ2) is 10.5. The molecule has 8 nitrogen and oxygen atoms in total. The molecule has 3 aliphatic rings. The van der Waals surface area contributed by atoms with Gasteiger partial charge in [-0.2, -0.15) is 0 Å². The Morgan fingerprint density at radius 2 is 1.78 bits per heavy atom. The lowest BCUT2D eigenvalue weighted by Crippen LogP contribution is -2.58. The minimum Gasteiger partial charge on any atom is -0.496 e. The van der Waals surface area contributed by atoms with Crippen LogP contribution in [0.3, 0.4) is 0 Å². The molecule has 37 heavy (non-hydrogen) atoms. The number of carbonyl (C=O) groups excluding carboxylic acids is 3. The standard InChI is InChI=1S/C28H33BrN4O4/c1-18-7-8-19(15-24(18)37-2)31-27(36)28(9-4-3-5-10-28)33-16-22-21(26(33)35)13-20(14-23(22)29)30-25(34)17-32-11-6-12-32/h7-8,13-15H,3-6,9-12,16-17H2,1-2H3,(H,30,34)(H,31,36). The number of benzene rings is 2. The van der Waals surface area contributed by atoms with Gasteiger partial charge < -0.3 is 20.3 Å². The van der Waals surface area contributed by atoms with Crippen LogP contribution in [0.2, 0.25) is 0 Å². The van der Waals surface area contributed by atoms with Gasteiger partial charge in [0.1, 0.15) is 11.3 Å². The predicted molar refractivity (Wildman–Crippen MR) is 146 cm³/mol. The molecule has 2 aliphatic heterocycles. The summed E-state index contributed by atoms with van der Waals surface area (Å²) in [4.78, 5) is 44.0. The first-order valence-corrected chi connectivity index (χ1v) is 13.7. The number of aryl methyl sites for hydroxylation is 1. The third-order valence-electron chi connectivity index (χ3n) is 7.87. The number of ether oxygens (including phenoxy) is 1. The van der Waals surface area contributed by atoms with Crippen LogP contribution in [0.25, 0.3) is 0 Å². The van der Waals surface area contributed by atoms with Crippen molar-refractivity contribution in [1.82, 2.24) is 9.80 Å². The number of rotatable bonds is 7. The average molecular weight is 570 g/mol. The lowest BCUT2D eigenvalue weighted by atomic mass is 9.79. The van der Waals surface area contributed by atoms with Gasteiger partial charge in [-0.3, -0.25) is 19.3 Å². The number of methoxy groups -OCH3 is 1. The minimum absolute atomic E-state index is 0.0921. The third-order valence-corrected chi connectivity index (χ3v) is 8.58. The van der Waals surface area contributed by atoms with Crippen LogP contribution in [0.5, 0.6) is 5.75 Å². The molecule has 0 radical (unpaired) electrons. The zero-order valence-electron chi connectivity index (χ0n) is 21.4. The molecule has 2 heterocycles. The van der Waals surface area contributed by atoms with E-state index in [4.69, 9.17) is 4.74 Å². The van der Waals surface area contributed by atoms with Gasteiger partial charge in [0.25, 0.3) is 5.91 Å². The van der Waals surface area contributed by atoms with Crippen molar-refractivity contribution in [2.24, 2.45) is 0 Å². The Morgan fingerprint density at radius 3 is 2.46 bits per heavy atom. The van der Waals surface area contributed by atoms with Crippen molar-refractivity contribution in [3.05, 3.63) is 51.5 Å². The molecule has 1 saturated heterocycles. The van der Waals surface area contributed by atoms with E-state index in [1.807, 2.05) is 31.2 Å². The highest BCUT2D eigenvalue weighted by atomic mass is 79.9. The van der Waals surface area contributed by atoms with Gasteiger partial charge in [0, 0.05) is 34.0 Å². The molecule has 0 bridgehead atoms. The van der Waals surface area contributed by atoms with E-state index >= 15 is 0 Å². The molecule has 2 aromatic rings. The lowest BCUT2D eigenvalue weighted by Gasteiger charge is -2.43. The zero-order chi connectivity index (χ0) is 26.2. The van der Waals surface area contributed by atoms with Crippen molar-refractivity contribution in [1.29, 1.82) is 0 Å². The van der Waals surface area contributed by atoms with E-state index in [-0.39, 0.29) is 17.7 Å². The molecular weight excluding hydrogens is 536 g/mol. The summed E-state index contributed by atoms with van der Waals surface area (Å²) in [6.45, 7) is 4.53. The van der Waals surface area contributed by atoms with Crippen molar-refractivity contribution in [2.75, 3.05) is 37.4 Å². The molecule has 2 aromatic carbocycles. The van der Waals surface area contributed by atoms with Gasteiger partial charge in [-0.05, 0) is 68.6 Å². The second-order valence-electron chi connectivity index (χ2n) is 10.3. The quantitative estimate of drug-likeness (QED) is 0.505.